The van der Waals surface area contributed by atoms with Gasteiger partial charge in [-0.05, 0) is 49.6 Å². The molecule has 0 amide bonds. The molecule has 0 aliphatic heterocycles. The van der Waals surface area contributed by atoms with E-state index >= 15 is 0 Å². The van der Waals surface area contributed by atoms with Gasteiger partial charge in [-0.25, -0.2) is 0 Å². The van der Waals surface area contributed by atoms with Crippen LogP contribution >= 0.6 is 0 Å². The Hall–Kier alpha value is -1.57. The molecule has 0 fully saturated rings. The van der Waals surface area contributed by atoms with E-state index in [0.29, 0.717) is 0 Å². The molecule has 0 atom stereocenters. The summed E-state index contributed by atoms with van der Waals surface area (Å²) < 4.78 is 0. The number of pyridine rings is 1. The van der Waals surface area contributed by atoms with E-state index in [2.05, 4.69) is 24.9 Å². The highest BCUT2D eigenvalue weighted by atomic mass is 16.1. The van der Waals surface area contributed by atoms with Gasteiger partial charge >= 0.3 is 0 Å². The maximum Gasteiger partial charge on any atom is 0.248 e. The Morgan fingerprint density at radius 3 is 2.29 bits per heavy atom. The summed E-state index contributed by atoms with van der Waals surface area (Å²) in [5.41, 5.74) is 4.40. The lowest BCUT2D eigenvalue weighted by atomic mass is 10.0. The second-order valence-corrected chi connectivity index (χ2v) is 3.80. The highest BCUT2D eigenvalue weighted by molar-refractivity contribution is 5.83. The summed E-state index contributed by atoms with van der Waals surface area (Å²) >= 11 is 0. The molecule has 72 valence electrons. The fourth-order valence-corrected chi connectivity index (χ4v) is 1.69. The maximum absolute atomic E-state index is 11.2. The van der Waals surface area contributed by atoms with Crippen LogP contribution in [0.2, 0.25) is 0 Å². The molecule has 0 aliphatic rings. The average molecular weight is 187 g/mol. The van der Waals surface area contributed by atoms with Crippen molar-refractivity contribution in [2.75, 3.05) is 0 Å². The zero-order chi connectivity index (χ0) is 10.3. The number of benzene rings is 1. The number of rotatable bonds is 0. The lowest BCUT2D eigenvalue weighted by Crippen LogP contribution is -2.05. The van der Waals surface area contributed by atoms with Gasteiger partial charge in [0, 0.05) is 17.0 Å². The van der Waals surface area contributed by atoms with E-state index < -0.39 is 0 Å². The van der Waals surface area contributed by atoms with Crippen LogP contribution in [-0.4, -0.2) is 4.98 Å². The third-order valence-electron chi connectivity index (χ3n) is 2.66. The van der Waals surface area contributed by atoms with Gasteiger partial charge < -0.3 is 4.98 Å². The molecule has 2 nitrogen and oxygen atoms in total. The molecule has 0 bridgehead atoms. The second kappa shape index (κ2) is 2.98. The number of nitrogens with one attached hydrogen (secondary N) is 1. The maximum atomic E-state index is 11.2. The Kier molecular flexibility index (Phi) is 1.92. The third kappa shape index (κ3) is 1.33. The van der Waals surface area contributed by atoms with E-state index in [4.69, 9.17) is 0 Å². The molecule has 1 N–H and O–H groups in total. The fraction of sp³-hybridized carbons (Fsp3) is 0.250. The highest BCUT2D eigenvalue weighted by Crippen LogP contribution is 2.18. The first kappa shape index (κ1) is 9.00. The van der Waals surface area contributed by atoms with Gasteiger partial charge in [-0.2, -0.15) is 0 Å². The number of hydrogen-bond donors (Lipinski definition) is 1. The van der Waals surface area contributed by atoms with Crippen molar-refractivity contribution in [1.29, 1.82) is 0 Å². The predicted octanol–water partition coefficient (Wildman–Crippen LogP) is 2.45. The first-order chi connectivity index (χ1) is 6.58. The van der Waals surface area contributed by atoms with Crippen molar-refractivity contribution >= 4 is 10.9 Å². The quantitative estimate of drug-likeness (QED) is 0.675. The molecular formula is C12H13NO. The average Bonchev–Trinajstić information content (AvgIpc) is 2.08. The standard InChI is InChI=1S/C12H13NO/c1-7-4-10-9(3)6-12(14)13-11(10)5-8(7)2/h4-6H,1-3H3,(H,13,14). The van der Waals surface area contributed by atoms with E-state index in [0.717, 1.165) is 16.5 Å². The molecular weight excluding hydrogens is 174 g/mol. The molecule has 0 aliphatic carbocycles. The number of aromatic nitrogens is 1. The normalized spacial score (nSPS) is 10.8. The molecule has 0 spiro atoms. The molecule has 2 heteroatoms. The lowest BCUT2D eigenvalue weighted by molar-refractivity contribution is 1.26. The Morgan fingerprint density at radius 2 is 1.57 bits per heavy atom. The van der Waals surface area contributed by atoms with Gasteiger partial charge in [-0.15, -0.1) is 0 Å². The molecule has 2 rings (SSSR count). The van der Waals surface area contributed by atoms with Gasteiger partial charge in [0.05, 0.1) is 0 Å². The Labute approximate surface area is 82.6 Å². The monoisotopic (exact) mass is 187 g/mol. The molecule has 0 saturated carbocycles. The van der Waals surface area contributed by atoms with Crippen LogP contribution in [0.25, 0.3) is 10.9 Å². The van der Waals surface area contributed by atoms with Crippen molar-refractivity contribution in [3.05, 3.63) is 45.2 Å². The van der Waals surface area contributed by atoms with Crippen molar-refractivity contribution < 1.29 is 0 Å². The van der Waals surface area contributed by atoms with Crippen LogP contribution in [0.5, 0.6) is 0 Å². The van der Waals surface area contributed by atoms with Gasteiger partial charge in [-0.1, -0.05) is 0 Å². The first-order valence-electron chi connectivity index (χ1n) is 4.69. The largest absolute Gasteiger partial charge is 0.322 e. The smallest absolute Gasteiger partial charge is 0.248 e. The molecule has 0 unspecified atom stereocenters. The zero-order valence-corrected chi connectivity index (χ0v) is 8.64. The summed E-state index contributed by atoms with van der Waals surface area (Å²) in [5, 5.41) is 1.13. The summed E-state index contributed by atoms with van der Waals surface area (Å²) in [4.78, 5) is 14.1. The molecule has 2 aromatic rings. The lowest BCUT2D eigenvalue weighted by Gasteiger charge is -2.05. The summed E-state index contributed by atoms with van der Waals surface area (Å²) in [6.07, 6.45) is 0. The van der Waals surface area contributed by atoms with Crippen LogP contribution < -0.4 is 5.56 Å². The topological polar surface area (TPSA) is 32.9 Å². The Bertz CT molecular complexity index is 552. The van der Waals surface area contributed by atoms with E-state index in [1.807, 2.05) is 13.0 Å². The van der Waals surface area contributed by atoms with Gasteiger partial charge in [0.2, 0.25) is 5.56 Å². The molecule has 0 radical (unpaired) electrons. The molecule has 1 heterocycles. The molecule has 1 aromatic heterocycles. The third-order valence-corrected chi connectivity index (χ3v) is 2.66. The minimum absolute atomic E-state index is 0.0294. The van der Waals surface area contributed by atoms with Gasteiger partial charge in [0.1, 0.15) is 0 Å². The van der Waals surface area contributed by atoms with Crippen molar-refractivity contribution in [2.24, 2.45) is 0 Å². The van der Waals surface area contributed by atoms with E-state index in [9.17, 15) is 4.79 Å². The van der Waals surface area contributed by atoms with Gasteiger partial charge in [-0.3, -0.25) is 4.79 Å². The molecule has 1 aromatic carbocycles. The Balaban J connectivity index is 2.96. The van der Waals surface area contributed by atoms with Crippen molar-refractivity contribution in [2.45, 2.75) is 20.8 Å². The molecule has 0 saturated heterocycles. The van der Waals surface area contributed by atoms with Crippen molar-refractivity contribution in [3.8, 4) is 0 Å². The highest BCUT2D eigenvalue weighted by Gasteiger charge is 2.01. The van der Waals surface area contributed by atoms with E-state index in [-0.39, 0.29) is 5.56 Å². The van der Waals surface area contributed by atoms with Crippen LogP contribution in [0.1, 0.15) is 16.7 Å². The van der Waals surface area contributed by atoms with Gasteiger partial charge in [0.25, 0.3) is 0 Å². The van der Waals surface area contributed by atoms with E-state index in [1.54, 1.807) is 6.07 Å². The van der Waals surface area contributed by atoms with Crippen molar-refractivity contribution in [3.63, 3.8) is 0 Å². The summed E-state index contributed by atoms with van der Waals surface area (Å²) in [6, 6.07) is 5.78. The predicted molar refractivity (Wildman–Crippen MR) is 58.8 cm³/mol. The SMILES string of the molecule is Cc1cc2[nH]c(=O)cc(C)c2cc1C. The number of fused-ring (bicyclic) bond motifs is 1. The summed E-state index contributed by atoms with van der Waals surface area (Å²) in [6.45, 7) is 6.10. The van der Waals surface area contributed by atoms with Crippen LogP contribution in [-0.2, 0) is 0 Å². The van der Waals surface area contributed by atoms with Crippen LogP contribution in [0.15, 0.2) is 23.0 Å². The number of aromatic amines is 1. The number of hydrogen-bond acceptors (Lipinski definition) is 1. The zero-order valence-electron chi connectivity index (χ0n) is 8.64. The summed E-state index contributed by atoms with van der Waals surface area (Å²) in [5.74, 6) is 0. The summed E-state index contributed by atoms with van der Waals surface area (Å²) in [7, 11) is 0. The van der Waals surface area contributed by atoms with Crippen LogP contribution in [0.3, 0.4) is 0 Å². The fourth-order valence-electron chi connectivity index (χ4n) is 1.69. The minimum atomic E-state index is -0.0294. The second-order valence-electron chi connectivity index (χ2n) is 3.80. The first-order valence-corrected chi connectivity index (χ1v) is 4.69. The number of aryl methyl sites for hydroxylation is 3. The van der Waals surface area contributed by atoms with Crippen LogP contribution in [0.4, 0.5) is 0 Å². The van der Waals surface area contributed by atoms with Crippen LogP contribution in [0, 0.1) is 20.8 Å². The molecule has 14 heavy (non-hydrogen) atoms. The van der Waals surface area contributed by atoms with Gasteiger partial charge in [0.15, 0.2) is 0 Å². The van der Waals surface area contributed by atoms with Crippen molar-refractivity contribution in [1.82, 2.24) is 4.98 Å². The Morgan fingerprint density at radius 1 is 0.929 bits per heavy atom. The van der Waals surface area contributed by atoms with E-state index in [1.165, 1.54) is 11.1 Å². The minimum Gasteiger partial charge on any atom is -0.322 e. The number of H-pyrrole nitrogens is 1.